The van der Waals surface area contributed by atoms with Crippen LogP contribution in [0.25, 0.3) is 6.08 Å². The van der Waals surface area contributed by atoms with E-state index in [1.54, 1.807) is 6.21 Å². The topological polar surface area (TPSA) is 76.7 Å². The molecule has 1 aliphatic rings. The standard InChI is InChI=1S/C13H15N3O2/c14-6-5-13(17)16-15-8-10-7-11-3-1-2-4-12(11)18-9-10/h1-4,7-8H,5-6,9,14H2,(H,16,17). The zero-order chi connectivity index (χ0) is 12.8. The third-order valence-corrected chi connectivity index (χ3v) is 2.45. The van der Waals surface area contributed by atoms with E-state index in [0.29, 0.717) is 13.2 Å². The van der Waals surface area contributed by atoms with Crippen molar-refractivity contribution < 1.29 is 9.53 Å². The molecule has 5 nitrogen and oxygen atoms in total. The molecule has 1 aromatic rings. The highest BCUT2D eigenvalue weighted by molar-refractivity contribution is 5.88. The van der Waals surface area contributed by atoms with Gasteiger partial charge in [-0.1, -0.05) is 18.2 Å². The van der Waals surface area contributed by atoms with E-state index >= 15 is 0 Å². The number of carbonyl (C=O) groups excluding carboxylic acids is 1. The van der Waals surface area contributed by atoms with Gasteiger partial charge in [0.1, 0.15) is 12.4 Å². The van der Waals surface area contributed by atoms with Gasteiger partial charge in [-0.15, -0.1) is 0 Å². The Labute approximate surface area is 105 Å². The van der Waals surface area contributed by atoms with Crippen molar-refractivity contribution in [3.8, 4) is 5.75 Å². The van der Waals surface area contributed by atoms with Crippen LogP contribution in [0.2, 0.25) is 0 Å². The van der Waals surface area contributed by atoms with E-state index < -0.39 is 0 Å². The van der Waals surface area contributed by atoms with E-state index in [0.717, 1.165) is 16.9 Å². The molecule has 94 valence electrons. The molecule has 18 heavy (non-hydrogen) atoms. The van der Waals surface area contributed by atoms with Crippen molar-refractivity contribution in [3.63, 3.8) is 0 Å². The molecule has 0 aromatic heterocycles. The third kappa shape index (κ3) is 3.18. The second-order valence-corrected chi connectivity index (χ2v) is 3.88. The summed E-state index contributed by atoms with van der Waals surface area (Å²) in [6.07, 6.45) is 3.84. The lowest BCUT2D eigenvalue weighted by Gasteiger charge is -2.15. The second kappa shape index (κ2) is 5.97. The maximum Gasteiger partial charge on any atom is 0.241 e. The number of nitrogens with zero attached hydrogens (tertiary/aromatic N) is 1. The van der Waals surface area contributed by atoms with Crippen LogP contribution in [-0.4, -0.2) is 25.3 Å². The number of amides is 1. The van der Waals surface area contributed by atoms with Crippen LogP contribution in [0.5, 0.6) is 5.75 Å². The molecule has 3 N–H and O–H groups in total. The number of hydrogen-bond acceptors (Lipinski definition) is 4. The van der Waals surface area contributed by atoms with Crippen LogP contribution in [0.3, 0.4) is 0 Å². The molecule has 0 atom stereocenters. The molecule has 0 radical (unpaired) electrons. The Hall–Kier alpha value is -2.14. The van der Waals surface area contributed by atoms with Gasteiger partial charge >= 0.3 is 0 Å². The van der Waals surface area contributed by atoms with Gasteiger partial charge in [0.15, 0.2) is 0 Å². The Kier molecular flexibility index (Phi) is 4.09. The molecular weight excluding hydrogens is 230 g/mol. The number of nitrogens with two attached hydrogens (primary N) is 1. The quantitative estimate of drug-likeness (QED) is 0.611. The number of fused-ring (bicyclic) bond motifs is 1. The molecule has 5 heteroatoms. The summed E-state index contributed by atoms with van der Waals surface area (Å²) in [5.41, 5.74) is 9.58. The Morgan fingerprint density at radius 2 is 2.33 bits per heavy atom. The largest absolute Gasteiger partial charge is 0.488 e. The molecule has 1 amide bonds. The number of hydrogen-bond donors (Lipinski definition) is 2. The number of ether oxygens (including phenoxy) is 1. The van der Waals surface area contributed by atoms with E-state index in [4.69, 9.17) is 10.5 Å². The van der Waals surface area contributed by atoms with Gasteiger partial charge in [0.05, 0.1) is 6.21 Å². The number of hydrazone groups is 1. The summed E-state index contributed by atoms with van der Waals surface area (Å²) in [5.74, 6) is 0.674. The summed E-state index contributed by atoms with van der Waals surface area (Å²) in [5, 5.41) is 3.86. The molecule has 1 aliphatic heterocycles. The lowest BCUT2D eigenvalue weighted by molar-refractivity contribution is -0.120. The molecule has 1 heterocycles. The Morgan fingerprint density at radius 3 is 3.17 bits per heavy atom. The minimum absolute atomic E-state index is 0.188. The normalized spacial score (nSPS) is 13.7. The van der Waals surface area contributed by atoms with Gasteiger partial charge in [-0.25, -0.2) is 5.43 Å². The van der Waals surface area contributed by atoms with Crippen molar-refractivity contribution in [1.29, 1.82) is 0 Å². The highest BCUT2D eigenvalue weighted by atomic mass is 16.5. The lowest BCUT2D eigenvalue weighted by atomic mass is 10.1. The minimum atomic E-state index is -0.188. The van der Waals surface area contributed by atoms with Gasteiger partial charge in [-0.05, 0) is 12.1 Å². The predicted molar refractivity (Wildman–Crippen MR) is 70.2 cm³/mol. The Morgan fingerprint density at radius 1 is 1.50 bits per heavy atom. The minimum Gasteiger partial charge on any atom is -0.488 e. The van der Waals surface area contributed by atoms with Crippen molar-refractivity contribution in [2.24, 2.45) is 10.8 Å². The first-order chi connectivity index (χ1) is 8.79. The Bertz CT molecular complexity index is 495. The first kappa shape index (κ1) is 12.3. The molecule has 0 spiro atoms. The van der Waals surface area contributed by atoms with Gasteiger partial charge in [0.25, 0.3) is 0 Å². The zero-order valence-corrected chi connectivity index (χ0v) is 9.93. The van der Waals surface area contributed by atoms with Gasteiger partial charge in [-0.3, -0.25) is 4.79 Å². The van der Waals surface area contributed by atoms with Gasteiger partial charge in [0.2, 0.25) is 5.91 Å². The predicted octanol–water partition coefficient (Wildman–Crippen LogP) is 0.913. The number of rotatable bonds is 4. The van der Waals surface area contributed by atoms with Crippen LogP contribution in [0.4, 0.5) is 0 Å². The fourth-order valence-corrected chi connectivity index (χ4v) is 1.58. The molecule has 0 aliphatic carbocycles. The monoisotopic (exact) mass is 245 g/mol. The molecule has 0 saturated heterocycles. The van der Waals surface area contributed by atoms with Crippen molar-refractivity contribution in [2.45, 2.75) is 6.42 Å². The highest BCUT2D eigenvalue weighted by Gasteiger charge is 2.08. The van der Waals surface area contributed by atoms with Gasteiger partial charge < -0.3 is 10.5 Å². The average molecular weight is 245 g/mol. The second-order valence-electron chi connectivity index (χ2n) is 3.88. The van der Waals surface area contributed by atoms with Crippen LogP contribution in [0.15, 0.2) is 34.9 Å². The maximum atomic E-state index is 11.1. The summed E-state index contributed by atoms with van der Waals surface area (Å²) in [4.78, 5) is 11.1. The third-order valence-electron chi connectivity index (χ3n) is 2.45. The number of carbonyl (C=O) groups is 1. The molecule has 2 rings (SSSR count). The van der Waals surface area contributed by atoms with Crippen LogP contribution >= 0.6 is 0 Å². The van der Waals surface area contributed by atoms with E-state index in [-0.39, 0.29) is 12.3 Å². The van der Waals surface area contributed by atoms with Crippen molar-refractivity contribution in [2.75, 3.05) is 13.2 Å². The fourth-order valence-electron chi connectivity index (χ4n) is 1.58. The van der Waals surface area contributed by atoms with Crippen molar-refractivity contribution in [3.05, 3.63) is 35.4 Å². The van der Waals surface area contributed by atoms with E-state index in [9.17, 15) is 4.79 Å². The van der Waals surface area contributed by atoms with Crippen LogP contribution in [-0.2, 0) is 4.79 Å². The van der Waals surface area contributed by atoms with E-state index in [2.05, 4.69) is 10.5 Å². The summed E-state index contributed by atoms with van der Waals surface area (Å²) >= 11 is 0. The summed E-state index contributed by atoms with van der Waals surface area (Å²) in [7, 11) is 0. The van der Waals surface area contributed by atoms with E-state index in [1.807, 2.05) is 30.3 Å². The number of nitrogens with one attached hydrogen (secondary N) is 1. The number of para-hydroxylation sites is 1. The molecule has 0 unspecified atom stereocenters. The number of benzene rings is 1. The molecule has 1 aromatic carbocycles. The van der Waals surface area contributed by atoms with Crippen molar-refractivity contribution >= 4 is 18.2 Å². The summed E-state index contributed by atoms with van der Waals surface area (Å²) in [6.45, 7) is 0.772. The molecule has 0 saturated carbocycles. The lowest BCUT2D eigenvalue weighted by Crippen LogP contribution is -2.21. The van der Waals surface area contributed by atoms with Crippen LogP contribution < -0.4 is 15.9 Å². The fraction of sp³-hybridized carbons (Fsp3) is 0.231. The molecule has 0 bridgehead atoms. The molecular formula is C13H15N3O2. The average Bonchev–Trinajstić information content (AvgIpc) is 2.39. The summed E-state index contributed by atoms with van der Waals surface area (Å²) in [6, 6.07) is 7.76. The van der Waals surface area contributed by atoms with Gasteiger partial charge in [-0.2, -0.15) is 5.10 Å². The first-order valence-electron chi connectivity index (χ1n) is 5.74. The van der Waals surface area contributed by atoms with E-state index in [1.165, 1.54) is 0 Å². The zero-order valence-electron chi connectivity index (χ0n) is 9.93. The Balaban J connectivity index is 1.97. The molecule has 0 fully saturated rings. The van der Waals surface area contributed by atoms with Crippen LogP contribution in [0.1, 0.15) is 12.0 Å². The van der Waals surface area contributed by atoms with Crippen molar-refractivity contribution in [1.82, 2.24) is 5.43 Å². The SMILES string of the molecule is NCCC(=O)NN=CC1=Cc2ccccc2OC1. The van der Waals surface area contributed by atoms with Gasteiger partial charge in [0, 0.05) is 24.1 Å². The first-order valence-corrected chi connectivity index (χ1v) is 5.74. The highest BCUT2D eigenvalue weighted by Crippen LogP contribution is 2.24. The smallest absolute Gasteiger partial charge is 0.241 e. The van der Waals surface area contributed by atoms with Crippen LogP contribution in [0, 0.1) is 0 Å². The summed E-state index contributed by atoms with van der Waals surface area (Å²) < 4.78 is 5.55. The maximum absolute atomic E-state index is 11.1.